The second-order valence-electron chi connectivity index (χ2n) is 4.60. The summed E-state index contributed by atoms with van der Waals surface area (Å²) in [5.74, 6) is -0.590. The summed E-state index contributed by atoms with van der Waals surface area (Å²) in [4.78, 5) is 23.1. The highest BCUT2D eigenvalue weighted by Crippen LogP contribution is 2.12. The normalized spacial score (nSPS) is 9.23. The molecule has 2 aromatic carbocycles. The van der Waals surface area contributed by atoms with Crippen molar-refractivity contribution in [2.45, 2.75) is 20.3 Å². The molecule has 4 heteroatoms. The van der Waals surface area contributed by atoms with E-state index in [1.807, 2.05) is 6.07 Å². The molecule has 1 N–H and O–H groups in total. The van der Waals surface area contributed by atoms with E-state index in [1.165, 1.54) is 13.5 Å². The first kappa shape index (κ1) is 17.4. The highest BCUT2D eigenvalue weighted by atomic mass is 16.5. The van der Waals surface area contributed by atoms with Gasteiger partial charge in [-0.1, -0.05) is 38.5 Å². The van der Waals surface area contributed by atoms with Crippen molar-refractivity contribution in [1.29, 1.82) is 0 Å². The third kappa shape index (κ3) is 5.40. The number of hydrogen-bond acceptors (Lipinski definition) is 3. The van der Waals surface area contributed by atoms with Crippen LogP contribution in [-0.2, 0) is 4.74 Å². The lowest BCUT2D eigenvalue weighted by Gasteiger charge is -2.06. The summed E-state index contributed by atoms with van der Waals surface area (Å²) in [6.45, 7) is 4.25. The molecule has 0 aliphatic rings. The van der Waals surface area contributed by atoms with Crippen molar-refractivity contribution in [3.63, 3.8) is 0 Å². The van der Waals surface area contributed by atoms with E-state index in [-0.39, 0.29) is 7.33 Å². The Kier molecular flexibility index (Phi) is 7.40. The fraction of sp³-hybridized carbons (Fsp3) is 0.222. The Morgan fingerprint density at radius 3 is 2.00 bits per heavy atom. The maximum atomic E-state index is 11.9. The molecule has 2 rings (SSSR count). The summed E-state index contributed by atoms with van der Waals surface area (Å²) in [6.07, 6.45) is 1.25. The van der Waals surface area contributed by atoms with Crippen molar-refractivity contribution in [3.05, 3.63) is 65.7 Å². The number of carbonyl (C=O) groups excluding carboxylic acids is 2. The van der Waals surface area contributed by atoms with Gasteiger partial charge in [0, 0.05) is 12.7 Å². The van der Waals surface area contributed by atoms with Crippen LogP contribution in [0, 0.1) is 0 Å². The van der Waals surface area contributed by atoms with E-state index in [1.54, 1.807) is 48.5 Å². The van der Waals surface area contributed by atoms with E-state index >= 15 is 0 Å². The Morgan fingerprint density at radius 1 is 0.955 bits per heavy atom. The second kappa shape index (κ2) is 9.34. The third-order valence-corrected chi connectivity index (χ3v) is 2.60. The summed E-state index contributed by atoms with van der Waals surface area (Å²) in [6, 6.07) is 15.4. The van der Waals surface area contributed by atoms with Gasteiger partial charge in [-0.2, -0.15) is 0 Å². The fourth-order valence-electron chi connectivity index (χ4n) is 1.60. The number of nitrogens with one attached hydrogen (secondary N) is 1. The van der Waals surface area contributed by atoms with E-state index < -0.39 is 5.97 Å². The number of anilines is 1. The first-order valence-electron chi connectivity index (χ1n) is 7.17. The molecule has 0 spiro atoms. The number of esters is 1. The number of benzene rings is 2. The predicted molar refractivity (Wildman–Crippen MR) is 90.3 cm³/mol. The maximum absolute atomic E-state index is 11.9. The van der Waals surface area contributed by atoms with Crippen molar-refractivity contribution < 1.29 is 15.8 Å². The quantitative estimate of drug-likeness (QED) is 0.855. The number of methoxy groups -OCH3 is 1. The molecule has 0 atom stereocenters. The SMILES string of the molecule is CCC.COC(=O)c1ccc(NC(=O)c2ccccc2)cc1.[HH]. The van der Waals surface area contributed by atoms with E-state index in [0.717, 1.165) is 0 Å². The summed E-state index contributed by atoms with van der Waals surface area (Å²) in [5.41, 5.74) is 1.65. The molecule has 4 nitrogen and oxygen atoms in total. The molecule has 0 unspecified atom stereocenters. The van der Waals surface area contributed by atoms with Gasteiger partial charge in [-0.05, 0) is 36.4 Å². The van der Waals surface area contributed by atoms with Gasteiger partial charge < -0.3 is 10.1 Å². The van der Waals surface area contributed by atoms with Gasteiger partial charge in [0.05, 0.1) is 12.7 Å². The van der Waals surface area contributed by atoms with Crippen LogP contribution in [0.1, 0.15) is 42.4 Å². The molecule has 0 aliphatic heterocycles. The highest BCUT2D eigenvalue weighted by molar-refractivity contribution is 6.04. The maximum Gasteiger partial charge on any atom is 0.337 e. The molecule has 0 aliphatic carbocycles. The van der Waals surface area contributed by atoms with Gasteiger partial charge in [0.2, 0.25) is 0 Å². The second-order valence-corrected chi connectivity index (χ2v) is 4.60. The average molecular weight is 301 g/mol. The Balaban J connectivity index is 0.00000112. The van der Waals surface area contributed by atoms with Crippen molar-refractivity contribution >= 4 is 17.6 Å². The molecule has 0 radical (unpaired) electrons. The molecular formula is C18H23NO3. The van der Waals surface area contributed by atoms with Crippen LogP contribution in [0.5, 0.6) is 0 Å². The Bertz CT molecular complexity index is 597. The number of rotatable bonds is 3. The standard InChI is InChI=1S/C15H13NO3.C3H8.H2/c1-19-15(18)12-7-9-13(10-8-12)16-14(17)11-5-3-2-4-6-11;1-3-2;/h2-10H,1H3,(H,16,17);3H2,1-2H3;1H. The van der Waals surface area contributed by atoms with Crippen molar-refractivity contribution in [3.8, 4) is 0 Å². The molecule has 0 fully saturated rings. The van der Waals surface area contributed by atoms with E-state index in [9.17, 15) is 9.59 Å². The Morgan fingerprint density at radius 2 is 1.50 bits per heavy atom. The van der Waals surface area contributed by atoms with E-state index in [2.05, 4.69) is 23.9 Å². The van der Waals surface area contributed by atoms with Gasteiger partial charge >= 0.3 is 5.97 Å². The molecular weight excluding hydrogens is 278 g/mol. The third-order valence-electron chi connectivity index (χ3n) is 2.60. The van der Waals surface area contributed by atoms with Crippen LogP contribution in [0.25, 0.3) is 0 Å². The van der Waals surface area contributed by atoms with Gasteiger partial charge in [0.1, 0.15) is 0 Å². The molecule has 0 bridgehead atoms. The molecule has 0 heterocycles. The minimum Gasteiger partial charge on any atom is -0.465 e. The summed E-state index contributed by atoms with van der Waals surface area (Å²) < 4.78 is 4.60. The van der Waals surface area contributed by atoms with Crippen molar-refractivity contribution in [1.82, 2.24) is 0 Å². The number of ether oxygens (including phenoxy) is 1. The molecule has 2 aromatic rings. The van der Waals surface area contributed by atoms with Crippen LogP contribution < -0.4 is 5.32 Å². The van der Waals surface area contributed by atoms with Crippen LogP contribution in [0.15, 0.2) is 54.6 Å². The molecule has 1 amide bonds. The molecule has 0 saturated carbocycles. The van der Waals surface area contributed by atoms with Gasteiger partial charge in [-0.25, -0.2) is 4.79 Å². The smallest absolute Gasteiger partial charge is 0.337 e. The molecule has 118 valence electrons. The monoisotopic (exact) mass is 301 g/mol. The fourth-order valence-corrected chi connectivity index (χ4v) is 1.60. The van der Waals surface area contributed by atoms with E-state index in [4.69, 9.17) is 0 Å². The van der Waals surface area contributed by atoms with Crippen LogP contribution in [0.4, 0.5) is 5.69 Å². The van der Waals surface area contributed by atoms with Gasteiger partial charge in [-0.3, -0.25) is 4.79 Å². The number of carbonyl (C=O) groups is 2. The summed E-state index contributed by atoms with van der Waals surface area (Å²) in [5, 5.41) is 2.75. The summed E-state index contributed by atoms with van der Waals surface area (Å²) in [7, 11) is 1.33. The van der Waals surface area contributed by atoms with Crippen molar-refractivity contribution in [2.75, 3.05) is 12.4 Å². The minimum atomic E-state index is -0.402. The van der Waals surface area contributed by atoms with Crippen LogP contribution >= 0.6 is 0 Å². The van der Waals surface area contributed by atoms with Gasteiger partial charge in [-0.15, -0.1) is 0 Å². The van der Waals surface area contributed by atoms with Crippen LogP contribution in [-0.4, -0.2) is 19.0 Å². The zero-order valence-electron chi connectivity index (χ0n) is 13.1. The zero-order valence-corrected chi connectivity index (χ0v) is 13.1. The number of amides is 1. The Hall–Kier alpha value is -2.62. The highest BCUT2D eigenvalue weighted by Gasteiger charge is 2.07. The predicted octanol–water partition coefficient (Wildman–Crippen LogP) is 4.39. The molecule has 22 heavy (non-hydrogen) atoms. The lowest BCUT2D eigenvalue weighted by Crippen LogP contribution is -2.11. The Labute approximate surface area is 132 Å². The van der Waals surface area contributed by atoms with Crippen molar-refractivity contribution in [2.24, 2.45) is 0 Å². The number of hydrogen-bond donors (Lipinski definition) is 1. The first-order valence-corrected chi connectivity index (χ1v) is 7.17. The summed E-state index contributed by atoms with van der Waals surface area (Å²) >= 11 is 0. The molecule has 0 aromatic heterocycles. The van der Waals surface area contributed by atoms with Gasteiger partial charge in [0.25, 0.3) is 5.91 Å². The van der Waals surface area contributed by atoms with Gasteiger partial charge in [0.15, 0.2) is 0 Å². The first-order chi connectivity index (χ1) is 10.6. The van der Waals surface area contributed by atoms with Crippen LogP contribution in [0.2, 0.25) is 0 Å². The average Bonchev–Trinajstić information content (AvgIpc) is 2.56. The lowest BCUT2D eigenvalue weighted by atomic mass is 10.2. The molecule has 0 saturated heterocycles. The minimum absolute atomic E-state index is 0. The largest absolute Gasteiger partial charge is 0.465 e. The topological polar surface area (TPSA) is 55.4 Å². The lowest BCUT2D eigenvalue weighted by molar-refractivity contribution is 0.0600. The van der Waals surface area contributed by atoms with Crippen LogP contribution in [0.3, 0.4) is 0 Å². The van der Waals surface area contributed by atoms with E-state index in [0.29, 0.717) is 16.8 Å². The zero-order chi connectivity index (χ0) is 16.4.